The number of amides is 1. The molecule has 1 aromatic rings. The Balaban J connectivity index is 1.53. The van der Waals surface area contributed by atoms with Crippen molar-refractivity contribution in [3.8, 4) is 0 Å². The van der Waals surface area contributed by atoms with Gasteiger partial charge in [-0.15, -0.1) is 0 Å². The number of nitrogens with zero attached hydrogens (tertiary/aromatic N) is 2. The summed E-state index contributed by atoms with van der Waals surface area (Å²) in [5.41, 5.74) is 1.13. The van der Waals surface area contributed by atoms with Gasteiger partial charge in [0.2, 0.25) is 0 Å². The van der Waals surface area contributed by atoms with Crippen LogP contribution in [0.15, 0.2) is 4.52 Å². The molecular formula is C15H23N3O4S. The molecule has 3 rings (SSSR count). The Labute approximate surface area is 136 Å². The van der Waals surface area contributed by atoms with E-state index in [9.17, 15) is 13.2 Å². The van der Waals surface area contributed by atoms with Crippen LogP contribution in [0.25, 0.3) is 0 Å². The first kappa shape index (κ1) is 16.4. The van der Waals surface area contributed by atoms with E-state index in [0.717, 1.165) is 32.4 Å². The second kappa shape index (κ2) is 6.24. The molecule has 1 unspecified atom stereocenters. The Morgan fingerprint density at radius 1 is 1.26 bits per heavy atom. The smallest absolute Gasteiger partial charge is 0.257 e. The van der Waals surface area contributed by atoms with Crippen LogP contribution in [-0.4, -0.2) is 61.1 Å². The number of carbonyl (C=O) groups is 1. The van der Waals surface area contributed by atoms with Crippen molar-refractivity contribution in [2.45, 2.75) is 45.2 Å². The minimum atomic E-state index is -2.85. The molecule has 0 saturated carbocycles. The van der Waals surface area contributed by atoms with Gasteiger partial charge in [-0.2, -0.15) is 0 Å². The molecule has 7 nitrogen and oxygen atoms in total. The molecular weight excluding hydrogens is 318 g/mol. The van der Waals surface area contributed by atoms with Crippen LogP contribution in [0, 0.1) is 13.8 Å². The highest BCUT2D eigenvalue weighted by atomic mass is 32.2. The molecule has 0 spiro atoms. The monoisotopic (exact) mass is 341 g/mol. The van der Waals surface area contributed by atoms with Gasteiger partial charge in [0, 0.05) is 25.2 Å². The normalized spacial score (nSPS) is 25.6. The van der Waals surface area contributed by atoms with Crippen LogP contribution in [0.3, 0.4) is 0 Å². The molecule has 1 amide bonds. The van der Waals surface area contributed by atoms with Crippen LogP contribution in [-0.2, 0) is 9.84 Å². The molecule has 0 aliphatic carbocycles. The third-order valence-electron chi connectivity index (χ3n) is 4.85. The van der Waals surface area contributed by atoms with Crippen LogP contribution < -0.4 is 5.32 Å². The first-order valence-electron chi connectivity index (χ1n) is 8.04. The predicted octanol–water partition coefficient (Wildman–Crippen LogP) is 0.673. The summed E-state index contributed by atoms with van der Waals surface area (Å²) in [7, 11) is -2.85. The molecule has 2 aliphatic heterocycles. The maximum atomic E-state index is 12.3. The van der Waals surface area contributed by atoms with Crippen LogP contribution in [0.2, 0.25) is 0 Å². The van der Waals surface area contributed by atoms with Crippen molar-refractivity contribution >= 4 is 15.7 Å². The summed E-state index contributed by atoms with van der Waals surface area (Å²) in [5.74, 6) is 0.987. The maximum Gasteiger partial charge on any atom is 0.257 e. The Hall–Kier alpha value is -1.41. The Morgan fingerprint density at radius 2 is 1.96 bits per heavy atom. The van der Waals surface area contributed by atoms with Crippen molar-refractivity contribution in [2.75, 3.05) is 24.6 Å². The molecule has 2 aliphatic rings. The van der Waals surface area contributed by atoms with E-state index >= 15 is 0 Å². The summed E-state index contributed by atoms with van der Waals surface area (Å²) < 4.78 is 28.2. The molecule has 23 heavy (non-hydrogen) atoms. The lowest BCUT2D eigenvalue weighted by molar-refractivity contribution is 0.0896. The molecule has 2 fully saturated rings. The zero-order valence-corrected chi connectivity index (χ0v) is 14.4. The fourth-order valence-corrected chi connectivity index (χ4v) is 5.30. The lowest BCUT2D eigenvalue weighted by Gasteiger charge is -2.35. The van der Waals surface area contributed by atoms with Crippen LogP contribution in [0.5, 0.6) is 0 Å². The second-order valence-electron chi connectivity index (χ2n) is 6.54. The minimum Gasteiger partial charge on any atom is -0.361 e. The molecule has 3 heterocycles. The number of aryl methyl sites for hydroxylation is 2. The molecule has 8 heteroatoms. The maximum absolute atomic E-state index is 12.3. The fourth-order valence-electron chi connectivity index (χ4n) is 3.54. The van der Waals surface area contributed by atoms with Gasteiger partial charge in [-0.1, -0.05) is 5.16 Å². The average molecular weight is 341 g/mol. The van der Waals surface area contributed by atoms with E-state index in [4.69, 9.17) is 4.52 Å². The van der Waals surface area contributed by atoms with Crippen LogP contribution >= 0.6 is 0 Å². The molecule has 0 radical (unpaired) electrons. The average Bonchev–Trinajstić information content (AvgIpc) is 3.02. The Morgan fingerprint density at radius 3 is 2.48 bits per heavy atom. The predicted molar refractivity (Wildman–Crippen MR) is 85.1 cm³/mol. The van der Waals surface area contributed by atoms with Gasteiger partial charge in [-0.25, -0.2) is 8.42 Å². The van der Waals surface area contributed by atoms with Gasteiger partial charge >= 0.3 is 0 Å². The number of nitrogens with one attached hydrogen (secondary N) is 1. The molecule has 1 N–H and O–H groups in total. The van der Waals surface area contributed by atoms with E-state index in [1.54, 1.807) is 13.8 Å². The zero-order valence-electron chi connectivity index (χ0n) is 13.5. The lowest BCUT2D eigenvalue weighted by atomic mass is 10.0. The topological polar surface area (TPSA) is 92.5 Å². The van der Waals surface area contributed by atoms with E-state index in [2.05, 4.69) is 15.4 Å². The highest BCUT2D eigenvalue weighted by molar-refractivity contribution is 7.91. The van der Waals surface area contributed by atoms with Crippen molar-refractivity contribution in [1.29, 1.82) is 0 Å². The van der Waals surface area contributed by atoms with Crippen LogP contribution in [0.4, 0.5) is 0 Å². The first-order chi connectivity index (χ1) is 10.9. The van der Waals surface area contributed by atoms with E-state index < -0.39 is 9.84 Å². The van der Waals surface area contributed by atoms with Gasteiger partial charge in [-0.3, -0.25) is 9.69 Å². The molecule has 1 atom stereocenters. The summed E-state index contributed by atoms with van der Waals surface area (Å²) in [6, 6.07) is 0.268. The van der Waals surface area contributed by atoms with Crippen molar-refractivity contribution < 1.29 is 17.7 Å². The van der Waals surface area contributed by atoms with Crippen molar-refractivity contribution in [3.63, 3.8) is 0 Å². The fraction of sp³-hybridized carbons (Fsp3) is 0.733. The summed E-state index contributed by atoms with van der Waals surface area (Å²) in [6.45, 7) is 5.14. The lowest BCUT2D eigenvalue weighted by Crippen LogP contribution is -2.48. The Bertz CT molecular complexity index is 670. The number of piperidine rings is 1. The van der Waals surface area contributed by atoms with E-state index in [1.165, 1.54) is 0 Å². The first-order valence-corrected chi connectivity index (χ1v) is 9.86. The number of hydrogen-bond acceptors (Lipinski definition) is 6. The summed E-state index contributed by atoms with van der Waals surface area (Å²) >= 11 is 0. The number of carbonyl (C=O) groups excluding carboxylic acids is 1. The minimum absolute atomic E-state index is 0.116. The summed E-state index contributed by atoms with van der Waals surface area (Å²) in [6.07, 6.45) is 2.41. The third kappa shape index (κ3) is 3.58. The highest BCUT2D eigenvalue weighted by Crippen LogP contribution is 2.22. The highest BCUT2D eigenvalue weighted by Gasteiger charge is 2.34. The molecule has 0 bridgehead atoms. The number of sulfone groups is 1. The molecule has 0 aromatic carbocycles. The van der Waals surface area contributed by atoms with Crippen molar-refractivity contribution in [3.05, 3.63) is 17.0 Å². The SMILES string of the molecule is Cc1noc(C)c1C(=O)NC1CCN(C2CCS(=O)(=O)C2)CC1. The van der Waals surface area contributed by atoms with Gasteiger partial charge in [-0.05, 0) is 33.1 Å². The van der Waals surface area contributed by atoms with Gasteiger partial charge in [0.05, 0.1) is 17.2 Å². The Kier molecular flexibility index (Phi) is 4.46. The van der Waals surface area contributed by atoms with E-state index in [-0.39, 0.29) is 23.7 Å². The standard InChI is InChI=1S/C15H23N3O4S/c1-10-14(11(2)22-17-10)15(19)16-12-3-6-18(7-4-12)13-5-8-23(20,21)9-13/h12-13H,3-9H2,1-2H3,(H,16,19). The third-order valence-corrected chi connectivity index (χ3v) is 6.60. The molecule has 1 aromatic heterocycles. The van der Waals surface area contributed by atoms with Gasteiger partial charge in [0.15, 0.2) is 9.84 Å². The second-order valence-corrected chi connectivity index (χ2v) is 8.77. The van der Waals surface area contributed by atoms with E-state index in [1.807, 2.05) is 0 Å². The molecule has 128 valence electrons. The summed E-state index contributed by atoms with van der Waals surface area (Å²) in [5, 5.41) is 6.85. The van der Waals surface area contributed by atoms with E-state index in [0.29, 0.717) is 22.8 Å². The van der Waals surface area contributed by atoms with Gasteiger partial charge in [0.25, 0.3) is 5.91 Å². The zero-order chi connectivity index (χ0) is 16.6. The van der Waals surface area contributed by atoms with Crippen LogP contribution in [0.1, 0.15) is 41.1 Å². The number of rotatable bonds is 3. The summed E-state index contributed by atoms with van der Waals surface area (Å²) in [4.78, 5) is 14.6. The van der Waals surface area contributed by atoms with Crippen molar-refractivity contribution in [2.24, 2.45) is 0 Å². The van der Waals surface area contributed by atoms with Gasteiger partial charge in [0.1, 0.15) is 11.3 Å². The van der Waals surface area contributed by atoms with Gasteiger partial charge < -0.3 is 9.84 Å². The number of aromatic nitrogens is 1. The number of hydrogen-bond donors (Lipinski definition) is 1. The van der Waals surface area contributed by atoms with Crippen molar-refractivity contribution in [1.82, 2.24) is 15.4 Å². The quantitative estimate of drug-likeness (QED) is 0.869. The molecule has 2 saturated heterocycles. The largest absolute Gasteiger partial charge is 0.361 e. The number of likely N-dealkylation sites (tertiary alicyclic amines) is 1.